The summed E-state index contributed by atoms with van der Waals surface area (Å²) in [7, 11) is 1.98. The van der Waals surface area contributed by atoms with E-state index >= 15 is 0 Å². The summed E-state index contributed by atoms with van der Waals surface area (Å²) in [5.74, 6) is 1.40. The largest absolute Gasteiger partial charge is 0.393 e. The molecule has 5 nitrogen and oxygen atoms in total. The van der Waals surface area contributed by atoms with Gasteiger partial charge in [-0.1, -0.05) is 42.5 Å². The van der Waals surface area contributed by atoms with Gasteiger partial charge in [-0.25, -0.2) is 4.98 Å². The van der Waals surface area contributed by atoms with Gasteiger partial charge in [-0.2, -0.15) is 4.98 Å². The third kappa shape index (κ3) is 3.87. The van der Waals surface area contributed by atoms with Crippen molar-refractivity contribution in [3.05, 3.63) is 53.7 Å². The van der Waals surface area contributed by atoms with Crippen LogP contribution in [-0.2, 0) is 0 Å². The van der Waals surface area contributed by atoms with Gasteiger partial charge in [-0.3, -0.25) is 0 Å². The Labute approximate surface area is 136 Å². The predicted molar refractivity (Wildman–Crippen MR) is 93.2 cm³/mol. The second-order valence-electron chi connectivity index (χ2n) is 6.02. The summed E-state index contributed by atoms with van der Waals surface area (Å²) in [6.07, 6.45) is 5.50. The van der Waals surface area contributed by atoms with E-state index in [2.05, 4.69) is 34.3 Å². The maximum Gasteiger partial charge on any atom is 0.222 e. The van der Waals surface area contributed by atoms with Crippen LogP contribution in [0.2, 0.25) is 0 Å². The van der Waals surface area contributed by atoms with E-state index in [1.54, 1.807) is 0 Å². The number of rotatable bonds is 5. The lowest BCUT2D eigenvalue weighted by molar-refractivity contribution is 0.0732. The highest BCUT2D eigenvalue weighted by molar-refractivity contribution is 5.51. The molecule has 1 heterocycles. The molecule has 1 aromatic carbocycles. The summed E-state index contributed by atoms with van der Waals surface area (Å²) < 4.78 is 0. The molecule has 1 fully saturated rings. The molecule has 1 aliphatic carbocycles. The average Bonchev–Trinajstić information content (AvgIpc) is 2.52. The number of hydrogen-bond donors (Lipinski definition) is 2. The van der Waals surface area contributed by atoms with Crippen molar-refractivity contribution in [2.75, 3.05) is 24.2 Å². The Morgan fingerprint density at radius 2 is 2.00 bits per heavy atom. The predicted octanol–water partition coefficient (Wildman–Crippen LogP) is 2.45. The topological polar surface area (TPSA) is 75.3 Å². The fourth-order valence-electron chi connectivity index (χ4n) is 2.71. The quantitative estimate of drug-likeness (QED) is 0.887. The summed E-state index contributed by atoms with van der Waals surface area (Å²) in [6, 6.07) is 12.2. The number of aromatic nitrogens is 2. The molecule has 0 unspecified atom stereocenters. The first-order valence-corrected chi connectivity index (χ1v) is 7.87. The minimum atomic E-state index is -0.203. The van der Waals surface area contributed by atoms with Crippen LogP contribution in [0.5, 0.6) is 0 Å². The Balaban J connectivity index is 1.67. The van der Waals surface area contributed by atoms with Crippen LogP contribution in [-0.4, -0.2) is 34.8 Å². The molecule has 120 valence electrons. The first-order chi connectivity index (χ1) is 11.1. The maximum absolute atomic E-state index is 9.46. The summed E-state index contributed by atoms with van der Waals surface area (Å²) >= 11 is 0. The average molecular weight is 310 g/mol. The lowest BCUT2D eigenvalue weighted by Gasteiger charge is -2.31. The highest BCUT2D eigenvalue weighted by atomic mass is 16.3. The van der Waals surface area contributed by atoms with E-state index in [0.717, 1.165) is 30.9 Å². The van der Waals surface area contributed by atoms with Gasteiger partial charge in [0.15, 0.2) is 0 Å². The van der Waals surface area contributed by atoms with Gasteiger partial charge in [0.05, 0.1) is 11.8 Å². The van der Waals surface area contributed by atoms with Crippen molar-refractivity contribution >= 4 is 17.8 Å². The second kappa shape index (κ2) is 6.79. The molecule has 0 aliphatic heterocycles. The standard InChI is InChI=1S/C18H22N4O/c1-22(9-5-8-13-6-3-2-4-7-13)17-12-16(20-18(19)21-17)14-10-15(23)11-14/h2-8,12,14-15,23H,9-11H2,1H3,(H2,19,20,21). The van der Waals surface area contributed by atoms with E-state index in [9.17, 15) is 5.11 Å². The zero-order valence-electron chi connectivity index (χ0n) is 13.3. The zero-order valence-corrected chi connectivity index (χ0v) is 13.3. The number of aliphatic hydroxyl groups is 1. The summed E-state index contributed by atoms with van der Waals surface area (Å²) in [6.45, 7) is 0.734. The molecule has 5 heteroatoms. The first kappa shape index (κ1) is 15.5. The van der Waals surface area contributed by atoms with Crippen molar-refractivity contribution < 1.29 is 5.11 Å². The number of anilines is 2. The van der Waals surface area contributed by atoms with Crippen molar-refractivity contribution in [3.8, 4) is 0 Å². The van der Waals surface area contributed by atoms with Gasteiger partial charge in [-0.05, 0) is 18.4 Å². The molecule has 1 aromatic heterocycles. The van der Waals surface area contributed by atoms with Crippen LogP contribution in [0, 0.1) is 0 Å². The summed E-state index contributed by atoms with van der Waals surface area (Å²) in [4.78, 5) is 10.7. The fourth-order valence-corrected chi connectivity index (χ4v) is 2.71. The molecule has 0 saturated heterocycles. The number of nitrogens with zero attached hydrogens (tertiary/aromatic N) is 3. The molecule has 0 radical (unpaired) electrons. The monoisotopic (exact) mass is 310 g/mol. The van der Waals surface area contributed by atoms with Crippen LogP contribution in [0.25, 0.3) is 6.08 Å². The molecule has 1 saturated carbocycles. The third-order valence-electron chi connectivity index (χ3n) is 4.16. The Kier molecular flexibility index (Phi) is 4.57. The molecule has 0 amide bonds. The molecule has 23 heavy (non-hydrogen) atoms. The van der Waals surface area contributed by atoms with E-state index in [1.165, 1.54) is 5.56 Å². The minimum absolute atomic E-state index is 0.203. The molecule has 0 atom stereocenters. The van der Waals surface area contributed by atoms with E-state index in [4.69, 9.17) is 5.73 Å². The van der Waals surface area contributed by atoms with E-state index in [0.29, 0.717) is 5.92 Å². The van der Waals surface area contributed by atoms with Crippen LogP contribution in [0.1, 0.15) is 30.0 Å². The van der Waals surface area contributed by atoms with Gasteiger partial charge in [0.25, 0.3) is 0 Å². The lowest BCUT2D eigenvalue weighted by atomic mass is 9.80. The van der Waals surface area contributed by atoms with Crippen molar-refractivity contribution in [2.45, 2.75) is 24.9 Å². The van der Waals surface area contributed by atoms with Gasteiger partial charge in [0.2, 0.25) is 5.95 Å². The summed E-state index contributed by atoms with van der Waals surface area (Å²) in [5.41, 5.74) is 7.94. The second-order valence-corrected chi connectivity index (χ2v) is 6.02. The molecular weight excluding hydrogens is 288 g/mol. The Morgan fingerprint density at radius 3 is 2.70 bits per heavy atom. The van der Waals surface area contributed by atoms with Crippen LogP contribution in [0.4, 0.5) is 11.8 Å². The Hall–Kier alpha value is -2.40. The number of nitrogens with two attached hydrogens (primary N) is 1. The molecular formula is C18H22N4O. The number of benzene rings is 1. The van der Waals surface area contributed by atoms with Gasteiger partial charge < -0.3 is 15.7 Å². The molecule has 3 rings (SSSR count). The van der Waals surface area contributed by atoms with E-state index in [1.807, 2.05) is 36.2 Å². The van der Waals surface area contributed by atoms with Crippen molar-refractivity contribution in [1.82, 2.24) is 9.97 Å². The Morgan fingerprint density at radius 1 is 1.26 bits per heavy atom. The smallest absolute Gasteiger partial charge is 0.222 e. The third-order valence-corrected chi connectivity index (χ3v) is 4.16. The van der Waals surface area contributed by atoms with Gasteiger partial charge >= 0.3 is 0 Å². The maximum atomic E-state index is 9.46. The fraction of sp³-hybridized carbons (Fsp3) is 0.333. The van der Waals surface area contributed by atoms with Crippen LogP contribution in [0.15, 0.2) is 42.5 Å². The zero-order chi connectivity index (χ0) is 16.2. The number of aliphatic hydroxyl groups excluding tert-OH is 1. The number of nitrogen functional groups attached to an aromatic ring is 1. The number of likely N-dealkylation sites (N-methyl/N-ethyl adjacent to an activating group) is 1. The molecule has 0 spiro atoms. The highest BCUT2D eigenvalue weighted by Crippen LogP contribution is 2.36. The van der Waals surface area contributed by atoms with Gasteiger partial charge in [0, 0.05) is 25.6 Å². The first-order valence-electron chi connectivity index (χ1n) is 7.87. The Bertz CT molecular complexity index is 681. The highest BCUT2D eigenvalue weighted by Gasteiger charge is 2.30. The molecule has 2 aromatic rings. The molecule has 0 bridgehead atoms. The van der Waals surface area contributed by atoms with E-state index in [-0.39, 0.29) is 12.1 Å². The van der Waals surface area contributed by atoms with E-state index < -0.39 is 0 Å². The van der Waals surface area contributed by atoms with Crippen LogP contribution >= 0.6 is 0 Å². The van der Waals surface area contributed by atoms with Crippen molar-refractivity contribution in [1.29, 1.82) is 0 Å². The normalized spacial score (nSPS) is 20.4. The number of hydrogen-bond acceptors (Lipinski definition) is 5. The molecule has 3 N–H and O–H groups in total. The SMILES string of the molecule is CN(CC=Cc1ccccc1)c1cc(C2CC(O)C2)nc(N)n1. The van der Waals surface area contributed by atoms with Crippen molar-refractivity contribution in [2.24, 2.45) is 0 Å². The van der Waals surface area contributed by atoms with Crippen LogP contribution in [0.3, 0.4) is 0 Å². The molecule has 1 aliphatic rings. The van der Waals surface area contributed by atoms with Crippen molar-refractivity contribution in [3.63, 3.8) is 0 Å². The van der Waals surface area contributed by atoms with Gasteiger partial charge in [-0.15, -0.1) is 0 Å². The summed E-state index contributed by atoms with van der Waals surface area (Å²) in [5, 5.41) is 9.46. The minimum Gasteiger partial charge on any atom is -0.393 e. The lowest BCUT2D eigenvalue weighted by Crippen LogP contribution is -2.28. The van der Waals surface area contributed by atoms with Gasteiger partial charge in [0.1, 0.15) is 5.82 Å². The van der Waals surface area contributed by atoms with Crippen LogP contribution < -0.4 is 10.6 Å².